The van der Waals surface area contributed by atoms with Gasteiger partial charge in [-0.1, -0.05) is 12.1 Å². The SMILES string of the molecule is CC(NC(=O)CCCCN)c1cccc(F)c1. The molecule has 17 heavy (non-hydrogen) atoms. The zero-order chi connectivity index (χ0) is 12.7. The fourth-order valence-corrected chi connectivity index (χ4v) is 1.60. The molecule has 0 radical (unpaired) electrons. The summed E-state index contributed by atoms with van der Waals surface area (Å²) in [6.45, 7) is 2.45. The predicted octanol–water partition coefficient (Wildman–Crippen LogP) is 2.13. The molecule has 0 saturated carbocycles. The van der Waals surface area contributed by atoms with Gasteiger partial charge in [-0.3, -0.25) is 4.79 Å². The van der Waals surface area contributed by atoms with Crippen LogP contribution in [0.4, 0.5) is 4.39 Å². The molecule has 1 atom stereocenters. The molecule has 1 aromatic rings. The number of carbonyl (C=O) groups excluding carboxylic acids is 1. The minimum absolute atomic E-state index is 0.0183. The van der Waals surface area contributed by atoms with Crippen molar-refractivity contribution in [3.63, 3.8) is 0 Å². The van der Waals surface area contributed by atoms with E-state index in [4.69, 9.17) is 5.73 Å². The predicted molar refractivity (Wildman–Crippen MR) is 65.9 cm³/mol. The van der Waals surface area contributed by atoms with E-state index in [0.29, 0.717) is 13.0 Å². The first-order chi connectivity index (χ1) is 8.13. The second-order valence-corrected chi connectivity index (χ2v) is 4.09. The topological polar surface area (TPSA) is 55.1 Å². The Kier molecular flexibility index (Phi) is 5.63. The average molecular weight is 238 g/mol. The highest BCUT2D eigenvalue weighted by molar-refractivity contribution is 5.76. The number of rotatable bonds is 6. The van der Waals surface area contributed by atoms with Crippen LogP contribution in [0.1, 0.15) is 37.8 Å². The van der Waals surface area contributed by atoms with E-state index in [9.17, 15) is 9.18 Å². The molecule has 4 heteroatoms. The molecule has 0 aliphatic heterocycles. The van der Waals surface area contributed by atoms with Gasteiger partial charge in [-0.2, -0.15) is 0 Å². The van der Waals surface area contributed by atoms with Crippen LogP contribution in [0.3, 0.4) is 0 Å². The Morgan fingerprint density at radius 3 is 2.88 bits per heavy atom. The molecule has 1 aromatic carbocycles. The molecule has 1 rings (SSSR count). The van der Waals surface area contributed by atoms with Gasteiger partial charge in [0.15, 0.2) is 0 Å². The van der Waals surface area contributed by atoms with Crippen LogP contribution in [0, 0.1) is 5.82 Å². The first-order valence-electron chi connectivity index (χ1n) is 5.88. The van der Waals surface area contributed by atoms with Gasteiger partial charge in [-0.25, -0.2) is 4.39 Å². The van der Waals surface area contributed by atoms with E-state index < -0.39 is 0 Å². The summed E-state index contributed by atoms with van der Waals surface area (Å²) in [7, 11) is 0. The molecular weight excluding hydrogens is 219 g/mol. The molecule has 94 valence electrons. The van der Waals surface area contributed by atoms with Crippen LogP contribution in [-0.2, 0) is 4.79 Å². The number of halogens is 1. The maximum atomic E-state index is 13.0. The lowest BCUT2D eigenvalue weighted by Gasteiger charge is -2.14. The first-order valence-corrected chi connectivity index (χ1v) is 5.88. The molecule has 0 bridgehead atoms. The number of nitrogens with one attached hydrogen (secondary N) is 1. The summed E-state index contributed by atoms with van der Waals surface area (Å²) in [5, 5.41) is 2.84. The lowest BCUT2D eigenvalue weighted by Crippen LogP contribution is -2.26. The van der Waals surface area contributed by atoms with Crippen molar-refractivity contribution in [1.29, 1.82) is 0 Å². The molecule has 0 aliphatic carbocycles. The van der Waals surface area contributed by atoms with Crippen molar-refractivity contribution in [1.82, 2.24) is 5.32 Å². The van der Waals surface area contributed by atoms with Gasteiger partial charge in [0.25, 0.3) is 0 Å². The van der Waals surface area contributed by atoms with Gasteiger partial charge in [0, 0.05) is 6.42 Å². The molecule has 0 aliphatic rings. The van der Waals surface area contributed by atoms with Crippen LogP contribution in [0.25, 0.3) is 0 Å². The number of nitrogens with two attached hydrogens (primary N) is 1. The zero-order valence-electron chi connectivity index (χ0n) is 10.1. The van der Waals surface area contributed by atoms with Gasteiger partial charge in [-0.15, -0.1) is 0 Å². The number of hydrogen-bond donors (Lipinski definition) is 2. The summed E-state index contributed by atoms with van der Waals surface area (Å²) in [5.41, 5.74) is 6.13. The number of hydrogen-bond acceptors (Lipinski definition) is 2. The lowest BCUT2D eigenvalue weighted by atomic mass is 10.1. The molecule has 0 fully saturated rings. The van der Waals surface area contributed by atoms with Gasteiger partial charge in [0.1, 0.15) is 5.82 Å². The third kappa shape index (κ3) is 4.95. The van der Waals surface area contributed by atoms with Gasteiger partial charge < -0.3 is 11.1 Å². The van der Waals surface area contributed by atoms with Gasteiger partial charge >= 0.3 is 0 Å². The second kappa shape index (κ2) is 7.01. The molecule has 3 nitrogen and oxygen atoms in total. The van der Waals surface area contributed by atoms with Crippen molar-refractivity contribution in [3.05, 3.63) is 35.6 Å². The van der Waals surface area contributed by atoms with Gasteiger partial charge in [-0.05, 0) is 44.0 Å². The monoisotopic (exact) mass is 238 g/mol. The van der Waals surface area contributed by atoms with E-state index in [1.807, 2.05) is 6.92 Å². The number of amides is 1. The van der Waals surface area contributed by atoms with E-state index in [-0.39, 0.29) is 17.8 Å². The van der Waals surface area contributed by atoms with Crippen LogP contribution in [0.15, 0.2) is 24.3 Å². The molecule has 1 unspecified atom stereocenters. The average Bonchev–Trinajstić information content (AvgIpc) is 2.29. The Morgan fingerprint density at radius 2 is 2.24 bits per heavy atom. The summed E-state index contributed by atoms with van der Waals surface area (Å²) in [4.78, 5) is 11.5. The summed E-state index contributed by atoms with van der Waals surface area (Å²) < 4.78 is 13.0. The third-order valence-electron chi connectivity index (χ3n) is 2.58. The quantitative estimate of drug-likeness (QED) is 0.746. The van der Waals surface area contributed by atoms with Crippen LogP contribution < -0.4 is 11.1 Å². The summed E-state index contributed by atoms with van der Waals surface area (Å²) in [6, 6.07) is 6.09. The van der Waals surface area contributed by atoms with Crippen molar-refractivity contribution in [2.24, 2.45) is 5.73 Å². The molecule has 3 N–H and O–H groups in total. The highest BCUT2D eigenvalue weighted by atomic mass is 19.1. The highest BCUT2D eigenvalue weighted by Crippen LogP contribution is 2.13. The molecule has 0 aromatic heterocycles. The minimum atomic E-state index is -0.285. The van der Waals surface area contributed by atoms with Crippen molar-refractivity contribution in [2.45, 2.75) is 32.2 Å². The van der Waals surface area contributed by atoms with Crippen molar-refractivity contribution >= 4 is 5.91 Å². The Bertz CT molecular complexity index is 368. The Morgan fingerprint density at radius 1 is 1.47 bits per heavy atom. The first kappa shape index (κ1) is 13.6. The molecule has 0 heterocycles. The van der Waals surface area contributed by atoms with E-state index in [0.717, 1.165) is 18.4 Å². The van der Waals surface area contributed by atoms with Crippen LogP contribution in [0.2, 0.25) is 0 Å². The largest absolute Gasteiger partial charge is 0.350 e. The summed E-state index contributed by atoms with van der Waals surface area (Å²) in [5.74, 6) is -0.304. The Hall–Kier alpha value is -1.42. The van der Waals surface area contributed by atoms with Crippen molar-refractivity contribution in [3.8, 4) is 0 Å². The maximum absolute atomic E-state index is 13.0. The minimum Gasteiger partial charge on any atom is -0.350 e. The lowest BCUT2D eigenvalue weighted by molar-refractivity contribution is -0.121. The van der Waals surface area contributed by atoms with Gasteiger partial charge in [0.2, 0.25) is 5.91 Å². The molecular formula is C13H19FN2O. The van der Waals surface area contributed by atoms with Gasteiger partial charge in [0.05, 0.1) is 6.04 Å². The third-order valence-corrected chi connectivity index (χ3v) is 2.58. The zero-order valence-corrected chi connectivity index (χ0v) is 10.1. The van der Waals surface area contributed by atoms with Crippen LogP contribution in [-0.4, -0.2) is 12.5 Å². The van der Waals surface area contributed by atoms with E-state index in [1.54, 1.807) is 12.1 Å². The highest BCUT2D eigenvalue weighted by Gasteiger charge is 2.09. The number of unbranched alkanes of at least 4 members (excludes halogenated alkanes) is 1. The second-order valence-electron chi connectivity index (χ2n) is 4.09. The number of carbonyl (C=O) groups is 1. The van der Waals surface area contributed by atoms with Crippen molar-refractivity contribution < 1.29 is 9.18 Å². The smallest absolute Gasteiger partial charge is 0.220 e. The molecule has 1 amide bonds. The Labute approximate surface area is 101 Å². The maximum Gasteiger partial charge on any atom is 0.220 e. The van der Waals surface area contributed by atoms with E-state index >= 15 is 0 Å². The molecule has 0 spiro atoms. The van der Waals surface area contributed by atoms with E-state index in [2.05, 4.69) is 5.32 Å². The van der Waals surface area contributed by atoms with E-state index in [1.165, 1.54) is 12.1 Å². The Balaban J connectivity index is 2.43. The van der Waals surface area contributed by atoms with Crippen LogP contribution in [0.5, 0.6) is 0 Å². The van der Waals surface area contributed by atoms with Crippen molar-refractivity contribution in [2.75, 3.05) is 6.54 Å². The fraction of sp³-hybridized carbons (Fsp3) is 0.462. The number of benzene rings is 1. The molecule has 0 saturated heterocycles. The standard InChI is InChI=1S/C13H19FN2O/c1-10(11-5-4-6-12(14)9-11)16-13(17)7-2-3-8-15/h4-6,9-10H,2-3,7-8,15H2,1H3,(H,16,17). The normalized spacial score (nSPS) is 12.2. The summed E-state index contributed by atoms with van der Waals surface area (Å²) >= 11 is 0. The summed E-state index contributed by atoms with van der Waals surface area (Å²) in [6.07, 6.45) is 2.11. The fourth-order valence-electron chi connectivity index (χ4n) is 1.60. The van der Waals surface area contributed by atoms with Crippen LogP contribution >= 0.6 is 0 Å².